The van der Waals surface area contributed by atoms with E-state index < -0.39 is 0 Å². The van der Waals surface area contributed by atoms with Crippen LogP contribution in [0.5, 0.6) is 0 Å². The minimum atomic E-state index is 0.573. The van der Waals surface area contributed by atoms with Crippen LogP contribution in [-0.4, -0.2) is 21.1 Å². The van der Waals surface area contributed by atoms with E-state index in [9.17, 15) is 0 Å². The average Bonchev–Trinajstić information content (AvgIpc) is 3.07. The molecule has 0 amide bonds. The summed E-state index contributed by atoms with van der Waals surface area (Å²) in [6.07, 6.45) is 7.33. The normalized spacial score (nSPS) is 10.5. The second-order valence-electron chi connectivity index (χ2n) is 6.16. The predicted octanol–water partition coefficient (Wildman–Crippen LogP) is 4.09. The molecule has 0 saturated carbocycles. The smallest absolute Gasteiger partial charge is 0.128 e. The Bertz CT molecular complexity index is 878. The van der Waals surface area contributed by atoms with E-state index in [0.29, 0.717) is 5.56 Å². The summed E-state index contributed by atoms with van der Waals surface area (Å²) in [5.74, 6) is 0.876. The molecular formula is C20H20BrN5. The van der Waals surface area contributed by atoms with Crippen molar-refractivity contribution in [2.75, 3.05) is 11.4 Å². The summed E-state index contributed by atoms with van der Waals surface area (Å²) in [6.45, 7) is 1.61. The molecule has 0 aliphatic heterocycles. The van der Waals surface area contributed by atoms with Crippen molar-refractivity contribution in [3.05, 3.63) is 76.4 Å². The largest absolute Gasteiger partial charge is 0.351 e. The fourth-order valence-corrected chi connectivity index (χ4v) is 3.04. The van der Waals surface area contributed by atoms with E-state index in [1.165, 1.54) is 5.56 Å². The molecule has 132 valence electrons. The van der Waals surface area contributed by atoms with Gasteiger partial charge in [0.05, 0.1) is 24.1 Å². The van der Waals surface area contributed by atoms with Crippen molar-refractivity contribution in [1.29, 1.82) is 5.26 Å². The number of imidazole rings is 1. The van der Waals surface area contributed by atoms with Gasteiger partial charge in [-0.1, -0.05) is 28.1 Å². The van der Waals surface area contributed by atoms with Crippen molar-refractivity contribution in [1.82, 2.24) is 14.5 Å². The molecule has 1 aromatic carbocycles. The summed E-state index contributed by atoms with van der Waals surface area (Å²) < 4.78 is 3.12. The Kier molecular flexibility index (Phi) is 6.03. The highest BCUT2D eigenvalue weighted by atomic mass is 79.9. The maximum absolute atomic E-state index is 8.98. The summed E-state index contributed by atoms with van der Waals surface area (Å²) in [4.78, 5) is 10.9. The first kappa shape index (κ1) is 18.2. The quantitative estimate of drug-likeness (QED) is 0.589. The number of hydrogen-bond acceptors (Lipinski definition) is 4. The van der Waals surface area contributed by atoms with Gasteiger partial charge in [-0.3, -0.25) is 0 Å². The van der Waals surface area contributed by atoms with Gasteiger partial charge in [-0.15, -0.1) is 0 Å². The van der Waals surface area contributed by atoms with Crippen LogP contribution in [0.3, 0.4) is 0 Å². The van der Waals surface area contributed by atoms with Gasteiger partial charge in [0.25, 0.3) is 0 Å². The van der Waals surface area contributed by atoms with E-state index >= 15 is 0 Å². The van der Waals surface area contributed by atoms with Crippen LogP contribution in [0, 0.1) is 11.3 Å². The number of halogens is 1. The van der Waals surface area contributed by atoms with Crippen LogP contribution in [0.1, 0.15) is 23.2 Å². The number of anilines is 1. The van der Waals surface area contributed by atoms with Gasteiger partial charge in [-0.2, -0.15) is 5.26 Å². The average molecular weight is 410 g/mol. The zero-order valence-electron chi connectivity index (χ0n) is 14.6. The highest BCUT2D eigenvalue weighted by molar-refractivity contribution is 9.10. The van der Waals surface area contributed by atoms with Gasteiger partial charge < -0.3 is 9.47 Å². The van der Waals surface area contributed by atoms with Crippen LogP contribution in [0.2, 0.25) is 0 Å². The number of pyridine rings is 1. The molecule has 3 aromatic rings. The summed E-state index contributed by atoms with van der Waals surface area (Å²) in [7, 11) is 1.99. The Hall–Kier alpha value is -2.65. The summed E-state index contributed by atoms with van der Waals surface area (Å²) >= 11 is 3.47. The van der Waals surface area contributed by atoms with E-state index in [4.69, 9.17) is 5.26 Å². The highest BCUT2D eigenvalue weighted by Gasteiger charge is 2.11. The van der Waals surface area contributed by atoms with Crippen molar-refractivity contribution in [2.45, 2.75) is 19.4 Å². The molecule has 5 nitrogen and oxygen atoms in total. The van der Waals surface area contributed by atoms with Gasteiger partial charge in [0.2, 0.25) is 0 Å². The monoisotopic (exact) mass is 409 g/mol. The van der Waals surface area contributed by atoms with Gasteiger partial charge >= 0.3 is 0 Å². The third-order valence-corrected chi connectivity index (χ3v) is 4.81. The first-order valence-electron chi connectivity index (χ1n) is 8.46. The molecular weight excluding hydrogens is 390 g/mol. The maximum Gasteiger partial charge on any atom is 0.128 e. The van der Waals surface area contributed by atoms with Gasteiger partial charge in [-0.25, -0.2) is 9.97 Å². The van der Waals surface area contributed by atoms with Gasteiger partial charge in [0.15, 0.2) is 0 Å². The van der Waals surface area contributed by atoms with Crippen molar-refractivity contribution < 1.29 is 0 Å². The number of benzene rings is 1. The fourth-order valence-electron chi connectivity index (χ4n) is 2.77. The standard InChI is InChI=1S/C20H20BrN5/c1-25-15-23-13-19(25)14-26(20-9-6-17(11-22)12-24-20)10-2-3-16-4-7-18(21)8-5-16/h4-9,12-13,15H,2-3,10,14H2,1H3. The van der Waals surface area contributed by atoms with Crippen molar-refractivity contribution in [3.8, 4) is 6.07 Å². The second-order valence-corrected chi connectivity index (χ2v) is 7.08. The molecule has 0 fully saturated rings. The van der Waals surface area contributed by atoms with Crippen LogP contribution in [-0.2, 0) is 20.0 Å². The zero-order chi connectivity index (χ0) is 18.4. The number of rotatable bonds is 7. The predicted molar refractivity (Wildman–Crippen MR) is 106 cm³/mol. The number of aryl methyl sites for hydroxylation is 2. The Labute approximate surface area is 162 Å². The Morgan fingerprint density at radius 3 is 2.58 bits per heavy atom. The third kappa shape index (κ3) is 4.70. The van der Waals surface area contributed by atoms with Gasteiger partial charge in [0.1, 0.15) is 11.9 Å². The van der Waals surface area contributed by atoms with E-state index in [-0.39, 0.29) is 0 Å². The highest BCUT2D eigenvalue weighted by Crippen LogP contribution is 2.17. The first-order valence-corrected chi connectivity index (χ1v) is 9.26. The fraction of sp³-hybridized carbons (Fsp3) is 0.250. The molecule has 0 saturated heterocycles. The van der Waals surface area contributed by atoms with Gasteiger partial charge in [-0.05, 0) is 42.7 Å². The van der Waals surface area contributed by atoms with Gasteiger partial charge in [0, 0.05) is 30.5 Å². The molecule has 3 rings (SSSR count). The lowest BCUT2D eigenvalue weighted by Crippen LogP contribution is -2.26. The lowest BCUT2D eigenvalue weighted by atomic mass is 10.1. The first-order chi connectivity index (χ1) is 12.7. The minimum absolute atomic E-state index is 0.573. The maximum atomic E-state index is 8.98. The van der Waals surface area contributed by atoms with Crippen molar-refractivity contribution in [3.63, 3.8) is 0 Å². The molecule has 2 aromatic heterocycles. The summed E-state index contributed by atoms with van der Waals surface area (Å²) in [6, 6.07) is 14.3. The van der Waals surface area contributed by atoms with Crippen LogP contribution in [0.25, 0.3) is 0 Å². The number of hydrogen-bond donors (Lipinski definition) is 0. The zero-order valence-corrected chi connectivity index (χ0v) is 16.2. The molecule has 0 unspecified atom stereocenters. The van der Waals surface area contributed by atoms with Crippen LogP contribution in [0.4, 0.5) is 5.82 Å². The molecule has 0 aliphatic carbocycles. The Balaban J connectivity index is 1.70. The molecule has 0 spiro atoms. The Morgan fingerprint density at radius 1 is 1.15 bits per heavy atom. The van der Waals surface area contributed by atoms with Crippen LogP contribution < -0.4 is 4.90 Å². The summed E-state index contributed by atoms with van der Waals surface area (Å²) in [5.41, 5.74) is 3.02. The Morgan fingerprint density at radius 2 is 1.96 bits per heavy atom. The van der Waals surface area contributed by atoms with E-state index in [2.05, 4.69) is 61.1 Å². The van der Waals surface area contributed by atoms with E-state index in [0.717, 1.165) is 41.9 Å². The second kappa shape index (κ2) is 8.63. The molecule has 26 heavy (non-hydrogen) atoms. The summed E-state index contributed by atoms with van der Waals surface area (Å²) in [5, 5.41) is 8.98. The molecule has 0 aliphatic rings. The molecule has 6 heteroatoms. The molecule has 0 bridgehead atoms. The third-order valence-electron chi connectivity index (χ3n) is 4.28. The van der Waals surface area contributed by atoms with Crippen molar-refractivity contribution in [2.24, 2.45) is 7.05 Å². The topological polar surface area (TPSA) is 57.7 Å². The SMILES string of the molecule is Cn1cncc1CN(CCCc1ccc(Br)cc1)c1ccc(C#N)cn1. The molecule has 0 atom stereocenters. The minimum Gasteiger partial charge on any atom is -0.351 e. The lowest BCUT2D eigenvalue weighted by molar-refractivity contribution is 0.690. The number of aromatic nitrogens is 3. The van der Waals surface area contributed by atoms with Crippen LogP contribution >= 0.6 is 15.9 Å². The molecule has 0 radical (unpaired) electrons. The van der Waals surface area contributed by atoms with Crippen molar-refractivity contribution >= 4 is 21.7 Å². The number of nitrogens with zero attached hydrogens (tertiary/aromatic N) is 5. The van der Waals surface area contributed by atoms with E-state index in [1.54, 1.807) is 6.20 Å². The molecule has 0 N–H and O–H groups in total. The number of nitriles is 1. The lowest BCUT2D eigenvalue weighted by Gasteiger charge is -2.24. The van der Waals surface area contributed by atoms with Crippen LogP contribution in [0.15, 0.2) is 59.6 Å². The molecule has 2 heterocycles. The van der Waals surface area contributed by atoms with E-state index in [1.807, 2.05) is 36.3 Å².